The lowest BCUT2D eigenvalue weighted by Gasteiger charge is -2.29. The fraction of sp³-hybridized carbons (Fsp3) is 1.00. The maximum atomic E-state index is 13.1. The lowest BCUT2D eigenvalue weighted by molar-refractivity contribution is -0.313. The Balaban J connectivity index is 2.42. The van der Waals surface area contributed by atoms with Gasteiger partial charge in [0.2, 0.25) is 0 Å². The fourth-order valence-corrected chi connectivity index (χ4v) is 1.73. The quantitative estimate of drug-likeness (QED) is 0.673. The molecule has 0 bridgehead atoms. The van der Waals surface area contributed by atoms with E-state index in [0.29, 0.717) is 12.8 Å². The summed E-state index contributed by atoms with van der Waals surface area (Å²) in [6.45, 7) is -1.88. The second-order valence-electron chi connectivity index (χ2n) is 3.80. The highest BCUT2D eigenvalue weighted by Gasteiger charge is 2.44. The van der Waals surface area contributed by atoms with Gasteiger partial charge in [-0.1, -0.05) is 19.3 Å². The van der Waals surface area contributed by atoms with E-state index in [0.717, 1.165) is 6.42 Å². The van der Waals surface area contributed by atoms with Gasteiger partial charge < -0.3 is 4.74 Å². The molecule has 1 aliphatic rings. The summed E-state index contributed by atoms with van der Waals surface area (Å²) in [6.07, 6.45) is -5.72. The van der Waals surface area contributed by atoms with Crippen LogP contribution < -0.4 is 0 Å². The third kappa shape index (κ3) is 4.32. The monoisotopic (exact) mass is 232 g/mol. The summed E-state index contributed by atoms with van der Waals surface area (Å²) in [6, 6.07) is 0. The minimum Gasteiger partial charge on any atom is -0.311 e. The normalized spacial score (nSPS) is 20.6. The highest BCUT2D eigenvalue weighted by atomic mass is 19.4. The average Bonchev–Trinajstić information content (AvgIpc) is 2.16. The molecule has 1 nitrogen and oxygen atoms in total. The van der Waals surface area contributed by atoms with Crippen LogP contribution in [0.2, 0.25) is 0 Å². The van der Waals surface area contributed by atoms with Gasteiger partial charge in [-0.05, 0) is 12.8 Å². The van der Waals surface area contributed by atoms with Gasteiger partial charge in [-0.25, -0.2) is 0 Å². The Bertz CT molecular complexity index is 195. The Labute approximate surface area is 84.6 Å². The Morgan fingerprint density at radius 1 is 0.933 bits per heavy atom. The minimum atomic E-state index is -4.70. The van der Waals surface area contributed by atoms with E-state index in [2.05, 4.69) is 4.74 Å². The molecule has 0 aromatic heterocycles. The summed E-state index contributed by atoms with van der Waals surface area (Å²) in [5.41, 5.74) is 0. The molecule has 0 unspecified atom stereocenters. The molecular formula is C9H13F5O. The SMILES string of the molecule is FC(F)(F)COC(F)(F)C1CCCCC1. The van der Waals surface area contributed by atoms with E-state index in [1.54, 1.807) is 0 Å². The minimum absolute atomic E-state index is 0.241. The predicted molar refractivity (Wildman–Crippen MR) is 43.5 cm³/mol. The van der Waals surface area contributed by atoms with Crippen molar-refractivity contribution in [3.63, 3.8) is 0 Å². The van der Waals surface area contributed by atoms with E-state index < -0.39 is 24.8 Å². The number of hydrogen-bond acceptors (Lipinski definition) is 1. The first-order valence-electron chi connectivity index (χ1n) is 4.90. The van der Waals surface area contributed by atoms with Crippen LogP contribution in [0, 0.1) is 5.92 Å². The van der Waals surface area contributed by atoms with Crippen LogP contribution in [0.1, 0.15) is 32.1 Å². The zero-order valence-electron chi connectivity index (χ0n) is 8.12. The molecule has 0 saturated heterocycles. The Kier molecular flexibility index (Phi) is 3.92. The van der Waals surface area contributed by atoms with Crippen molar-refractivity contribution >= 4 is 0 Å². The summed E-state index contributed by atoms with van der Waals surface area (Å²) in [5.74, 6) is -1.06. The molecule has 90 valence electrons. The molecule has 0 spiro atoms. The molecule has 1 aliphatic carbocycles. The van der Waals surface area contributed by atoms with Crippen molar-refractivity contribution in [2.75, 3.05) is 6.61 Å². The third-order valence-corrected chi connectivity index (χ3v) is 2.51. The maximum absolute atomic E-state index is 13.1. The smallest absolute Gasteiger partial charge is 0.311 e. The van der Waals surface area contributed by atoms with Crippen LogP contribution in [-0.2, 0) is 4.74 Å². The van der Waals surface area contributed by atoms with Gasteiger partial charge in [0.15, 0.2) is 0 Å². The molecule has 0 amide bonds. The van der Waals surface area contributed by atoms with Crippen molar-refractivity contribution in [2.45, 2.75) is 44.4 Å². The second-order valence-corrected chi connectivity index (χ2v) is 3.80. The van der Waals surface area contributed by atoms with Crippen LogP contribution in [0.15, 0.2) is 0 Å². The Hall–Kier alpha value is -0.390. The average molecular weight is 232 g/mol. The van der Waals surface area contributed by atoms with E-state index in [1.165, 1.54) is 0 Å². The van der Waals surface area contributed by atoms with Crippen molar-refractivity contribution < 1.29 is 26.7 Å². The van der Waals surface area contributed by atoms with Gasteiger partial charge in [-0.2, -0.15) is 22.0 Å². The van der Waals surface area contributed by atoms with Crippen molar-refractivity contribution in [1.82, 2.24) is 0 Å². The van der Waals surface area contributed by atoms with Gasteiger partial charge in [0.05, 0.1) is 5.92 Å². The van der Waals surface area contributed by atoms with Crippen molar-refractivity contribution in [3.05, 3.63) is 0 Å². The second kappa shape index (κ2) is 4.63. The first-order valence-corrected chi connectivity index (χ1v) is 4.90. The van der Waals surface area contributed by atoms with Gasteiger partial charge in [0, 0.05) is 0 Å². The van der Waals surface area contributed by atoms with E-state index in [-0.39, 0.29) is 12.8 Å². The van der Waals surface area contributed by atoms with Crippen LogP contribution in [0.4, 0.5) is 22.0 Å². The molecule has 15 heavy (non-hydrogen) atoms. The predicted octanol–water partition coefficient (Wildman–Crippen LogP) is 3.74. The number of hydrogen-bond donors (Lipinski definition) is 0. The number of alkyl halides is 5. The zero-order chi connectivity index (χ0) is 11.5. The van der Waals surface area contributed by atoms with Crippen LogP contribution in [0.3, 0.4) is 0 Å². The maximum Gasteiger partial charge on any atom is 0.412 e. The summed E-state index contributed by atoms with van der Waals surface area (Å²) in [4.78, 5) is 0. The summed E-state index contributed by atoms with van der Waals surface area (Å²) < 4.78 is 65.0. The van der Waals surface area contributed by atoms with E-state index in [4.69, 9.17) is 0 Å². The lowest BCUT2D eigenvalue weighted by atomic mass is 9.88. The van der Waals surface area contributed by atoms with Crippen LogP contribution in [0.5, 0.6) is 0 Å². The van der Waals surface area contributed by atoms with Gasteiger partial charge in [-0.3, -0.25) is 0 Å². The van der Waals surface area contributed by atoms with Gasteiger partial charge in [0.25, 0.3) is 0 Å². The first-order chi connectivity index (χ1) is 6.81. The molecule has 0 N–H and O–H groups in total. The molecule has 6 heteroatoms. The largest absolute Gasteiger partial charge is 0.412 e. The molecule has 1 rings (SSSR count). The molecule has 0 aromatic carbocycles. The fourth-order valence-electron chi connectivity index (χ4n) is 1.73. The van der Waals surface area contributed by atoms with Crippen LogP contribution >= 0.6 is 0 Å². The summed E-state index contributed by atoms with van der Waals surface area (Å²) >= 11 is 0. The van der Waals surface area contributed by atoms with Gasteiger partial charge in [0.1, 0.15) is 6.61 Å². The third-order valence-electron chi connectivity index (χ3n) is 2.51. The molecule has 0 atom stereocenters. The van der Waals surface area contributed by atoms with Gasteiger partial charge in [-0.15, -0.1) is 0 Å². The molecule has 0 heterocycles. The Morgan fingerprint density at radius 2 is 1.47 bits per heavy atom. The highest BCUT2D eigenvalue weighted by molar-refractivity contribution is 4.73. The number of ether oxygens (including phenoxy) is 1. The van der Waals surface area contributed by atoms with E-state index >= 15 is 0 Å². The molecule has 0 aromatic rings. The summed E-state index contributed by atoms with van der Waals surface area (Å²) in [7, 11) is 0. The molecule has 1 saturated carbocycles. The van der Waals surface area contributed by atoms with Crippen LogP contribution in [0.25, 0.3) is 0 Å². The standard InChI is InChI=1S/C9H13F5O/c10-8(11,12)6-15-9(13,14)7-4-2-1-3-5-7/h7H,1-6H2. The lowest BCUT2D eigenvalue weighted by Crippen LogP contribution is -2.36. The topological polar surface area (TPSA) is 9.23 Å². The van der Waals surface area contributed by atoms with Gasteiger partial charge >= 0.3 is 12.3 Å². The van der Waals surface area contributed by atoms with Crippen molar-refractivity contribution in [3.8, 4) is 0 Å². The molecule has 0 aliphatic heterocycles. The Morgan fingerprint density at radius 3 is 1.93 bits per heavy atom. The van der Waals surface area contributed by atoms with Crippen molar-refractivity contribution in [1.29, 1.82) is 0 Å². The first kappa shape index (κ1) is 12.7. The van der Waals surface area contributed by atoms with Crippen molar-refractivity contribution in [2.24, 2.45) is 5.92 Å². The molecule has 0 radical (unpaired) electrons. The number of halogens is 5. The molecule has 1 fully saturated rings. The van der Waals surface area contributed by atoms with E-state index in [9.17, 15) is 22.0 Å². The molecular weight excluding hydrogens is 219 g/mol. The number of rotatable bonds is 3. The van der Waals surface area contributed by atoms with E-state index in [1.807, 2.05) is 0 Å². The highest BCUT2D eigenvalue weighted by Crippen LogP contribution is 2.38. The summed E-state index contributed by atoms with van der Waals surface area (Å²) in [5, 5.41) is 0. The van der Waals surface area contributed by atoms with Crippen LogP contribution in [-0.4, -0.2) is 18.9 Å². The zero-order valence-corrected chi connectivity index (χ0v) is 8.12.